The average Bonchev–Trinajstić information content (AvgIpc) is 2.88. The Morgan fingerprint density at radius 2 is 2.00 bits per heavy atom. The summed E-state index contributed by atoms with van der Waals surface area (Å²) in [6, 6.07) is -0.712. The van der Waals surface area contributed by atoms with Crippen molar-refractivity contribution in [1.29, 1.82) is 0 Å². The number of urea groups is 1. The van der Waals surface area contributed by atoms with Crippen molar-refractivity contribution in [3.8, 4) is 0 Å². The van der Waals surface area contributed by atoms with Crippen LogP contribution >= 0.6 is 11.5 Å². The van der Waals surface area contributed by atoms with Crippen LogP contribution < -0.4 is 5.32 Å². The number of piperazine rings is 1. The number of amides is 2. The van der Waals surface area contributed by atoms with Gasteiger partial charge in [-0.05, 0) is 6.92 Å². The Hall–Kier alpha value is -1.42. The molecule has 1 saturated heterocycles. The summed E-state index contributed by atoms with van der Waals surface area (Å²) in [4.78, 5) is 19.4. The first-order valence-electron chi connectivity index (χ1n) is 7.66. The standard InChI is InChI=1S/C14H22F3N5OS/c1-9-7-21(5-6-22(9)8-14(15,16)17)12(23)19-11-18-10(20-24-11)13(2,3)4/h9H,5-8H2,1-4H3,(H,18,19,20,23). The Bertz CT molecular complexity index is 584. The van der Waals surface area contributed by atoms with Crippen LogP contribution in [0.25, 0.3) is 0 Å². The molecule has 6 nitrogen and oxygen atoms in total. The molecule has 1 aliphatic rings. The number of hydrogen-bond donors (Lipinski definition) is 1. The molecule has 0 aromatic carbocycles. The quantitative estimate of drug-likeness (QED) is 0.875. The van der Waals surface area contributed by atoms with Crippen molar-refractivity contribution in [2.75, 3.05) is 31.5 Å². The van der Waals surface area contributed by atoms with Gasteiger partial charge in [0.05, 0.1) is 6.54 Å². The molecule has 2 amide bonds. The topological polar surface area (TPSA) is 61.4 Å². The molecule has 1 atom stereocenters. The van der Waals surface area contributed by atoms with Crippen LogP contribution in [0.2, 0.25) is 0 Å². The molecule has 1 aliphatic heterocycles. The first-order valence-corrected chi connectivity index (χ1v) is 8.44. The van der Waals surface area contributed by atoms with Crippen LogP contribution in [0.3, 0.4) is 0 Å². The van der Waals surface area contributed by atoms with Crippen LogP contribution in [0.5, 0.6) is 0 Å². The van der Waals surface area contributed by atoms with Crippen molar-refractivity contribution in [2.45, 2.75) is 45.3 Å². The Morgan fingerprint density at radius 3 is 2.50 bits per heavy atom. The smallest absolute Gasteiger partial charge is 0.322 e. The summed E-state index contributed by atoms with van der Waals surface area (Å²) < 4.78 is 41.7. The van der Waals surface area contributed by atoms with Crippen LogP contribution in [0.15, 0.2) is 0 Å². The van der Waals surface area contributed by atoms with E-state index in [1.807, 2.05) is 20.8 Å². The van der Waals surface area contributed by atoms with E-state index in [0.29, 0.717) is 11.0 Å². The van der Waals surface area contributed by atoms with E-state index in [2.05, 4.69) is 14.7 Å². The molecule has 1 aromatic rings. The van der Waals surface area contributed by atoms with Crippen molar-refractivity contribution in [3.05, 3.63) is 5.82 Å². The van der Waals surface area contributed by atoms with Crippen LogP contribution in [0.1, 0.15) is 33.5 Å². The van der Waals surface area contributed by atoms with Gasteiger partial charge in [0.1, 0.15) is 5.82 Å². The normalized spacial score (nSPS) is 20.3. The number of hydrogen-bond acceptors (Lipinski definition) is 5. The summed E-state index contributed by atoms with van der Waals surface area (Å²) in [6.45, 7) is 7.34. The molecule has 24 heavy (non-hydrogen) atoms. The molecule has 10 heteroatoms. The summed E-state index contributed by atoms with van der Waals surface area (Å²) in [6.07, 6.45) is -4.23. The summed E-state index contributed by atoms with van der Waals surface area (Å²) in [5.74, 6) is 0.645. The van der Waals surface area contributed by atoms with E-state index in [1.165, 1.54) is 9.80 Å². The number of nitrogens with one attached hydrogen (secondary N) is 1. The Morgan fingerprint density at radius 1 is 1.33 bits per heavy atom. The summed E-state index contributed by atoms with van der Waals surface area (Å²) in [7, 11) is 0. The fourth-order valence-electron chi connectivity index (χ4n) is 2.39. The maximum atomic E-state index is 12.5. The van der Waals surface area contributed by atoms with Gasteiger partial charge >= 0.3 is 12.2 Å². The maximum Gasteiger partial charge on any atom is 0.401 e. The van der Waals surface area contributed by atoms with Crippen LogP contribution in [-0.2, 0) is 5.41 Å². The van der Waals surface area contributed by atoms with Crippen LogP contribution in [0.4, 0.5) is 23.1 Å². The second-order valence-electron chi connectivity index (χ2n) is 6.98. The zero-order valence-electron chi connectivity index (χ0n) is 14.1. The lowest BCUT2D eigenvalue weighted by Gasteiger charge is -2.39. The zero-order chi connectivity index (χ0) is 18.1. The molecular formula is C14H22F3N5OS. The minimum atomic E-state index is -4.23. The third kappa shape index (κ3) is 5.04. The molecule has 1 fully saturated rings. The number of carbonyl (C=O) groups is 1. The number of aromatic nitrogens is 2. The summed E-state index contributed by atoms with van der Waals surface area (Å²) in [5.41, 5.74) is -0.211. The van der Waals surface area contributed by atoms with Gasteiger partial charge in [-0.2, -0.15) is 17.5 Å². The van der Waals surface area contributed by atoms with Gasteiger partial charge in [-0.25, -0.2) is 9.78 Å². The fraction of sp³-hybridized carbons (Fsp3) is 0.786. The van der Waals surface area contributed by atoms with Crippen molar-refractivity contribution in [1.82, 2.24) is 19.2 Å². The molecule has 0 radical (unpaired) electrons. The van der Waals surface area contributed by atoms with Gasteiger partial charge in [0.2, 0.25) is 5.13 Å². The highest BCUT2D eigenvalue weighted by Gasteiger charge is 2.36. The number of rotatable bonds is 2. The molecule has 0 spiro atoms. The highest BCUT2D eigenvalue weighted by molar-refractivity contribution is 7.09. The molecular weight excluding hydrogens is 343 g/mol. The van der Waals surface area contributed by atoms with Gasteiger partial charge in [-0.3, -0.25) is 10.2 Å². The largest absolute Gasteiger partial charge is 0.401 e. The molecule has 1 aromatic heterocycles. The Labute approximate surface area is 143 Å². The lowest BCUT2D eigenvalue weighted by Crippen LogP contribution is -2.56. The first kappa shape index (κ1) is 18.9. The van der Waals surface area contributed by atoms with E-state index >= 15 is 0 Å². The van der Waals surface area contributed by atoms with Gasteiger partial charge in [0.15, 0.2) is 0 Å². The van der Waals surface area contributed by atoms with Crippen molar-refractivity contribution < 1.29 is 18.0 Å². The third-order valence-corrected chi connectivity index (χ3v) is 4.38. The molecule has 0 saturated carbocycles. The van der Waals surface area contributed by atoms with Crippen LogP contribution in [0, 0.1) is 0 Å². The lowest BCUT2D eigenvalue weighted by atomic mass is 9.96. The van der Waals surface area contributed by atoms with Gasteiger partial charge in [0.25, 0.3) is 0 Å². The van der Waals surface area contributed by atoms with E-state index in [1.54, 1.807) is 6.92 Å². The molecule has 136 valence electrons. The second-order valence-corrected chi connectivity index (χ2v) is 7.74. The SMILES string of the molecule is CC1CN(C(=O)Nc2nc(C(C)(C)C)ns2)CCN1CC(F)(F)F. The van der Waals surface area contributed by atoms with Crippen molar-refractivity contribution in [2.24, 2.45) is 0 Å². The molecule has 0 aliphatic carbocycles. The van der Waals surface area contributed by atoms with Gasteiger partial charge in [0, 0.05) is 42.6 Å². The minimum absolute atomic E-state index is 0.192. The monoisotopic (exact) mass is 365 g/mol. The predicted octanol–water partition coefficient (Wildman–Crippen LogP) is 2.94. The number of anilines is 1. The number of alkyl halides is 3. The zero-order valence-corrected chi connectivity index (χ0v) is 15.0. The molecule has 2 rings (SSSR count). The molecule has 0 bridgehead atoms. The minimum Gasteiger partial charge on any atom is -0.322 e. The second kappa shape index (κ2) is 6.83. The maximum absolute atomic E-state index is 12.5. The van der Waals surface area contributed by atoms with E-state index in [9.17, 15) is 18.0 Å². The number of halogens is 3. The van der Waals surface area contributed by atoms with Gasteiger partial charge in [-0.1, -0.05) is 20.8 Å². The van der Waals surface area contributed by atoms with E-state index in [-0.39, 0.29) is 37.1 Å². The Balaban J connectivity index is 1.91. The van der Waals surface area contributed by atoms with Gasteiger partial charge < -0.3 is 4.90 Å². The number of carbonyl (C=O) groups excluding carboxylic acids is 1. The van der Waals surface area contributed by atoms with E-state index in [4.69, 9.17) is 0 Å². The third-order valence-electron chi connectivity index (χ3n) is 3.75. The molecule has 1 N–H and O–H groups in total. The Kier molecular flexibility index (Phi) is 5.38. The highest BCUT2D eigenvalue weighted by Crippen LogP contribution is 2.24. The van der Waals surface area contributed by atoms with Crippen molar-refractivity contribution in [3.63, 3.8) is 0 Å². The average molecular weight is 365 g/mol. The first-order chi connectivity index (χ1) is 11.0. The number of nitrogens with zero attached hydrogens (tertiary/aromatic N) is 4. The highest BCUT2D eigenvalue weighted by atomic mass is 32.1. The molecule has 1 unspecified atom stereocenters. The van der Waals surface area contributed by atoms with Crippen LogP contribution in [-0.4, -0.2) is 63.6 Å². The molecule has 2 heterocycles. The van der Waals surface area contributed by atoms with E-state index < -0.39 is 12.7 Å². The predicted molar refractivity (Wildman–Crippen MR) is 86.3 cm³/mol. The fourth-order valence-corrected chi connectivity index (χ4v) is 3.14. The van der Waals surface area contributed by atoms with Gasteiger partial charge in [-0.15, -0.1) is 0 Å². The van der Waals surface area contributed by atoms with E-state index in [0.717, 1.165) is 11.5 Å². The van der Waals surface area contributed by atoms with Crippen molar-refractivity contribution >= 4 is 22.7 Å². The summed E-state index contributed by atoms with van der Waals surface area (Å²) >= 11 is 1.10. The summed E-state index contributed by atoms with van der Waals surface area (Å²) in [5, 5.41) is 3.08. The lowest BCUT2D eigenvalue weighted by molar-refractivity contribution is -0.153.